The standard InChI is InChI=1S/C20H25N/c1-3-16(2)5-4-6-17-7-11-19(12-8-17)20-13-9-18(15-21)10-14-20/h4-6,9-10,13-14,17,19H,3,7-8,11-12H2,1-2H3. The lowest BCUT2D eigenvalue weighted by Gasteiger charge is -2.27. The minimum Gasteiger partial charge on any atom is -0.192 e. The fourth-order valence-electron chi connectivity index (χ4n) is 2.97. The minimum atomic E-state index is 0.676. The van der Waals surface area contributed by atoms with Gasteiger partial charge in [-0.05, 0) is 68.6 Å². The summed E-state index contributed by atoms with van der Waals surface area (Å²) < 4.78 is 0. The fourth-order valence-corrected chi connectivity index (χ4v) is 2.97. The quantitative estimate of drug-likeness (QED) is 0.644. The molecule has 1 nitrogen and oxygen atoms in total. The zero-order chi connectivity index (χ0) is 15.1. The molecular formula is C20H25N. The van der Waals surface area contributed by atoms with Gasteiger partial charge in [0.1, 0.15) is 0 Å². The monoisotopic (exact) mass is 279 g/mol. The van der Waals surface area contributed by atoms with E-state index in [2.05, 4.69) is 50.3 Å². The number of hydrogen-bond donors (Lipinski definition) is 0. The van der Waals surface area contributed by atoms with E-state index >= 15 is 0 Å². The molecule has 0 saturated heterocycles. The van der Waals surface area contributed by atoms with E-state index in [9.17, 15) is 0 Å². The Morgan fingerprint density at radius 3 is 2.43 bits per heavy atom. The van der Waals surface area contributed by atoms with Crippen LogP contribution in [0, 0.1) is 17.2 Å². The van der Waals surface area contributed by atoms with E-state index in [0.29, 0.717) is 5.92 Å². The summed E-state index contributed by atoms with van der Waals surface area (Å²) in [6.07, 6.45) is 13.1. The smallest absolute Gasteiger partial charge is 0.0991 e. The second-order valence-corrected chi connectivity index (χ2v) is 6.10. The highest BCUT2D eigenvalue weighted by atomic mass is 14.3. The van der Waals surface area contributed by atoms with Crippen molar-refractivity contribution < 1.29 is 0 Å². The van der Waals surface area contributed by atoms with Crippen molar-refractivity contribution in [3.05, 3.63) is 59.2 Å². The second kappa shape index (κ2) is 7.84. The number of benzene rings is 1. The molecule has 110 valence electrons. The fraction of sp³-hybridized carbons (Fsp3) is 0.450. The molecule has 1 aromatic rings. The molecule has 0 bridgehead atoms. The maximum Gasteiger partial charge on any atom is 0.0991 e. The highest BCUT2D eigenvalue weighted by Crippen LogP contribution is 2.36. The SMILES string of the molecule is CCC(C)=CC=CC1CCC(c2ccc(C#N)cc2)CC1. The number of nitrogens with zero attached hydrogens (tertiary/aromatic N) is 1. The molecule has 1 fully saturated rings. The van der Waals surface area contributed by atoms with Crippen molar-refractivity contribution in [2.24, 2.45) is 5.92 Å². The Balaban J connectivity index is 1.86. The molecule has 0 N–H and O–H groups in total. The van der Waals surface area contributed by atoms with Gasteiger partial charge in [-0.1, -0.05) is 42.9 Å². The van der Waals surface area contributed by atoms with E-state index in [4.69, 9.17) is 5.26 Å². The normalized spacial score (nSPS) is 23.2. The lowest BCUT2D eigenvalue weighted by atomic mass is 9.78. The number of nitriles is 1. The molecule has 1 heteroatoms. The first kappa shape index (κ1) is 15.6. The summed E-state index contributed by atoms with van der Waals surface area (Å²) in [5.74, 6) is 1.41. The average Bonchev–Trinajstić information content (AvgIpc) is 2.55. The van der Waals surface area contributed by atoms with Crippen molar-refractivity contribution in [3.8, 4) is 6.07 Å². The number of hydrogen-bond acceptors (Lipinski definition) is 1. The third kappa shape index (κ3) is 4.60. The molecule has 1 aliphatic carbocycles. The van der Waals surface area contributed by atoms with Crippen LogP contribution >= 0.6 is 0 Å². The van der Waals surface area contributed by atoms with Crippen molar-refractivity contribution in [2.75, 3.05) is 0 Å². The molecule has 1 saturated carbocycles. The third-order valence-corrected chi connectivity index (χ3v) is 4.60. The lowest BCUT2D eigenvalue weighted by molar-refractivity contribution is 0.376. The van der Waals surface area contributed by atoms with E-state index < -0.39 is 0 Å². The van der Waals surface area contributed by atoms with Crippen LogP contribution in [0.3, 0.4) is 0 Å². The van der Waals surface area contributed by atoms with E-state index in [1.807, 2.05) is 12.1 Å². The largest absolute Gasteiger partial charge is 0.192 e. The van der Waals surface area contributed by atoms with Gasteiger partial charge < -0.3 is 0 Å². The number of allylic oxidation sites excluding steroid dienone is 4. The van der Waals surface area contributed by atoms with Crippen LogP contribution in [0.2, 0.25) is 0 Å². The maximum atomic E-state index is 8.85. The van der Waals surface area contributed by atoms with Crippen LogP contribution in [0.1, 0.15) is 63.0 Å². The van der Waals surface area contributed by atoms with Gasteiger partial charge in [0.05, 0.1) is 11.6 Å². The molecular weight excluding hydrogens is 254 g/mol. The van der Waals surface area contributed by atoms with Gasteiger partial charge in [0, 0.05) is 0 Å². The lowest BCUT2D eigenvalue weighted by Crippen LogP contribution is -2.11. The first-order valence-corrected chi connectivity index (χ1v) is 8.07. The van der Waals surface area contributed by atoms with Crippen LogP contribution in [-0.4, -0.2) is 0 Å². The van der Waals surface area contributed by atoms with Gasteiger partial charge in [-0.3, -0.25) is 0 Å². The molecule has 2 rings (SSSR count). The van der Waals surface area contributed by atoms with E-state index in [1.54, 1.807) is 0 Å². The molecule has 0 aromatic heterocycles. The van der Waals surface area contributed by atoms with Crippen molar-refractivity contribution in [3.63, 3.8) is 0 Å². The van der Waals surface area contributed by atoms with Crippen molar-refractivity contribution in [1.82, 2.24) is 0 Å². The first-order chi connectivity index (χ1) is 10.2. The Bertz CT molecular complexity index is 534. The summed E-state index contributed by atoms with van der Waals surface area (Å²) in [7, 11) is 0. The zero-order valence-corrected chi connectivity index (χ0v) is 13.2. The molecule has 0 aliphatic heterocycles. The maximum absolute atomic E-state index is 8.85. The second-order valence-electron chi connectivity index (χ2n) is 6.10. The van der Waals surface area contributed by atoms with Crippen molar-refractivity contribution in [1.29, 1.82) is 5.26 Å². The highest BCUT2D eigenvalue weighted by molar-refractivity contribution is 5.33. The Kier molecular flexibility index (Phi) is 5.81. The van der Waals surface area contributed by atoms with E-state index in [1.165, 1.54) is 36.8 Å². The summed E-state index contributed by atoms with van der Waals surface area (Å²) in [4.78, 5) is 0. The first-order valence-electron chi connectivity index (χ1n) is 8.07. The Morgan fingerprint density at radius 1 is 1.19 bits per heavy atom. The molecule has 0 radical (unpaired) electrons. The van der Waals surface area contributed by atoms with Gasteiger partial charge in [-0.25, -0.2) is 0 Å². The summed E-state index contributed by atoms with van der Waals surface area (Å²) in [5, 5.41) is 8.85. The Morgan fingerprint density at radius 2 is 1.86 bits per heavy atom. The van der Waals surface area contributed by atoms with Crippen LogP contribution < -0.4 is 0 Å². The minimum absolute atomic E-state index is 0.676. The predicted octanol–water partition coefficient (Wildman–Crippen LogP) is 5.74. The van der Waals surface area contributed by atoms with Crippen molar-refractivity contribution >= 4 is 0 Å². The van der Waals surface area contributed by atoms with Gasteiger partial charge >= 0.3 is 0 Å². The van der Waals surface area contributed by atoms with Crippen LogP contribution in [0.4, 0.5) is 0 Å². The third-order valence-electron chi connectivity index (χ3n) is 4.60. The van der Waals surface area contributed by atoms with Gasteiger partial charge in [0.15, 0.2) is 0 Å². The van der Waals surface area contributed by atoms with E-state index in [-0.39, 0.29) is 0 Å². The topological polar surface area (TPSA) is 23.8 Å². The molecule has 0 unspecified atom stereocenters. The van der Waals surface area contributed by atoms with Gasteiger partial charge in [0.25, 0.3) is 0 Å². The molecule has 1 aromatic carbocycles. The Hall–Kier alpha value is -1.81. The van der Waals surface area contributed by atoms with Crippen LogP contribution in [0.5, 0.6) is 0 Å². The van der Waals surface area contributed by atoms with Crippen LogP contribution in [0.25, 0.3) is 0 Å². The molecule has 0 spiro atoms. The van der Waals surface area contributed by atoms with Gasteiger partial charge in [0.2, 0.25) is 0 Å². The molecule has 1 aliphatic rings. The van der Waals surface area contributed by atoms with Crippen LogP contribution in [-0.2, 0) is 0 Å². The zero-order valence-electron chi connectivity index (χ0n) is 13.2. The summed E-state index contributed by atoms with van der Waals surface area (Å²) in [5.41, 5.74) is 3.60. The predicted molar refractivity (Wildman–Crippen MR) is 89.0 cm³/mol. The summed E-state index contributed by atoms with van der Waals surface area (Å²) >= 11 is 0. The molecule has 0 heterocycles. The highest BCUT2D eigenvalue weighted by Gasteiger charge is 2.20. The number of rotatable bonds is 4. The van der Waals surface area contributed by atoms with Gasteiger partial charge in [-0.2, -0.15) is 5.26 Å². The average molecular weight is 279 g/mol. The molecule has 0 atom stereocenters. The van der Waals surface area contributed by atoms with Gasteiger partial charge in [-0.15, -0.1) is 0 Å². The van der Waals surface area contributed by atoms with Crippen molar-refractivity contribution in [2.45, 2.75) is 51.9 Å². The van der Waals surface area contributed by atoms with Crippen LogP contribution in [0.15, 0.2) is 48.1 Å². The summed E-state index contributed by atoms with van der Waals surface area (Å²) in [6.45, 7) is 4.38. The Labute approximate surface area is 129 Å². The molecule has 21 heavy (non-hydrogen) atoms. The van der Waals surface area contributed by atoms with E-state index in [0.717, 1.165) is 17.9 Å². The summed E-state index contributed by atoms with van der Waals surface area (Å²) in [6, 6.07) is 10.3. The molecule has 0 amide bonds.